The Morgan fingerprint density at radius 3 is 1.26 bits per heavy atom. The van der Waals surface area contributed by atoms with Crippen LogP contribution in [0.1, 0.15) is 138 Å². The van der Waals surface area contributed by atoms with Gasteiger partial charge in [-0.1, -0.05) is 246 Å². The van der Waals surface area contributed by atoms with Gasteiger partial charge >= 0.3 is 12.1 Å². The lowest BCUT2D eigenvalue weighted by Crippen LogP contribution is -2.65. The Kier molecular flexibility index (Phi) is 31.7. The summed E-state index contributed by atoms with van der Waals surface area (Å²) in [4.78, 5) is 26.3. The van der Waals surface area contributed by atoms with Crippen molar-refractivity contribution in [1.82, 2.24) is 0 Å². The smallest absolute Gasteiger partial charge is 0.457 e. The van der Waals surface area contributed by atoms with Crippen LogP contribution in [0.25, 0.3) is 0 Å². The van der Waals surface area contributed by atoms with Crippen LogP contribution in [0.5, 0.6) is 0 Å². The number of aliphatic hydroxyl groups is 1. The summed E-state index contributed by atoms with van der Waals surface area (Å²) in [7, 11) is 0. The third kappa shape index (κ3) is 21.9. The number of carbonyl (C=O) groups is 2. The van der Waals surface area contributed by atoms with Crippen molar-refractivity contribution in [2.24, 2.45) is 59.2 Å². The standard InChI is InChI=1S/C82H115Cl3O21/c1-15-61-46(4)49(7)70(106-81(88)94-45-82(83,84)85)77(96-61)93-44-65-67(87)73(74(91-40-59-34-26-20-27-35-59)80(100-65)103-69-52(10)54(12)75(92-41-60-36-28-21-29-37-60)101-66(69)43-90-39-58-32-24-19-25-33-58)105-79-72(50(8)47(5)62(16-2)97-79)104-76-55(13)53(11)68(63(17-3)98-76)102-78-71(95-56(14)86)51(9)48(6)64(99-78)42-89-38-57-30-22-18-23-31-57/h18-37,46-55,61-80,87H,15-17,38-45H2,1-14H3/t46-,47+,48+,49-,50?,51-,52+,53+,54?,55?,61?,62?,63?,64?,65?,66?,67+,68-,69-,70?,71?,72-,73-,74?,75+,76-,77-,78-,79-,80-/m0/s1. The van der Waals surface area contributed by atoms with Gasteiger partial charge in [0, 0.05) is 30.6 Å². The first-order valence-electron chi connectivity index (χ1n) is 38.3. The summed E-state index contributed by atoms with van der Waals surface area (Å²) in [6, 6.07) is 39.5. The average Bonchev–Trinajstić information content (AvgIpc) is 0.768. The Bertz CT molecular complexity index is 3240. The van der Waals surface area contributed by atoms with E-state index in [1.807, 2.05) is 149 Å². The van der Waals surface area contributed by atoms with Gasteiger partial charge in [0.25, 0.3) is 0 Å². The Morgan fingerprint density at radius 1 is 0.368 bits per heavy atom. The van der Waals surface area contributed by atoms with Crippen LogP contribution in [0, 0.1) is 59.2 Å². The van der Waals surface area contributed by atoms with Crippen LogP contribution in [0.15, 0.2) is 121 Å². The van der Waals surface area contributed by atoms with Crippen molar-refractivity contribution in [1.29, 1.82) is 0 Å². The number of alkyl halides is 3. The molecule has 24 heteroatoms. The molecule has 0 spiro atoms. The monoisotopic (exact) mass is 1540 g/mol. The highest BCUT2D eigenvalue weighted by Gasteiger charge is 2.57. The van der Waals surface area contributed by atoms with E-state index in [1.165, 1.54) is 6.92 Å². The second-order valence-electron chi connectivity index (χ2n) is 30.2. The summed E-state index contributed by atoms with van der Waals surface area (Å²) in [6.45, 7) is 28.8. The van der Waals surface area contributed by atoms with Crippen LogP contribution in [0.3, 0.4) is 0 Å². The third-order valence-corrected chi connectivity index (χ3v) is 23.4. The summed E-state index contributed by atoms with van der Waals surface area (Å²) < 4.78 is 120. The molecule has 10 rings (SSSR count). The van der Waals surface area contributed by atoms with Gasteiger partial charge in [-0.05, 0) is 77.0 Å². The molecule has 0 saturated carbocycles. The highest BCUT2D eigenvalue weighted by atomic mass is 35.6. The molecule has 0 aromatic heterocycles. The van der Waals surface area contributed by atoms with E-state index in [1.54, 1.807) is 0 Å². The zero-order valence-electron chi connectivity index (χ0n) is 63.9. The molecule has 6 aliphatic heterocycles. The van der Waals surface area contributed by atoms with Crippen molar-refractivity contribution in [3.63, 3.8) is 0 Å². The topological polar surface area (TPSA) is 221 Å². The summed E-state index contributed by atoms with van der Waals surface area (Å²) in [6.07, 6.45) is -16.8. The van der Waals surface area contributed by atoms with E-state index < -0.39 is 127 Å². The largest absolute Gasteiger partial charge is 0.508 e. The first-order valence-corrected chi connectivity index (χ1v) is 39.4. The first-order chi connectivity index (χ1) is 50.8. The normalized spacial score (nSPS) is 37.9. The van der Waals surface area contributed by atoms with Gasteiger partial charge in [-0.3, -0.25) is 4.79 Å². The maximum Gasteiger partial charge on any atom is 0.508 e. The summed E-state index contributed by atoms with van der Waals surface area (Å²) in [5.41, 5.74) is 3.84. The number of halogens is 3. The molecule has 0 radical (unpaired) electrons. The molecule has 0 aliphatic carbocycles. The van der Waals surface area contributed by atoms with Gasteiger partial charge in [-0.25, -0.2) is 4.79 Å². The lowest BCUT2D eigenvalue weighted by atomic mass is 9.81. The number of hydrogen-bond donors (Lipinski definition) is 1. The molecule has 6 heterocycles. The van der Waals surface area contributed by atoms with Crippen molar-refractivity contribution in [2.45, 2.75) is 270 Å². The maximum absolute atomic E-state index is 13.5. The van der Waals surface area contributed by atoms with Crippen LogP contribution in [0.2, 0.25) is 0 Å². The SMILES string of the molecule is CCC1O[C@@H](O[C@@H]2C(OCc3ccccc3)[C@H](O[C@@H]3C(COCc4ccccc4)O[C@@H](OCc4ccccc4)C(C)[C@H]3C)OC(CO[C@H]3OC(CC)[C@@H](C)[C@H](C)C3OC(=O)OCC(Cl)(Cl)Cl)[C@H]2O)[C@@H](O[C@@H]2OC(CC)[C@@H](O[C@@H]3OC(COCc4ccccc4)[C@H](C)[C@H](C)C3OC(C)=O)[C@H](C)C2C)C(C)[C@H]1C. The first kappa shape index (κ1) is 84.3. The van der Waals surface area contributed by atoms with Gasteiger partial charge in [-0.15, -0.1) is 0 Å². The van der Waals surface area contributed by atoms with Crippen LogP contribution < -0.4 is 0 Å². The molecule has 4 aromatic carbocycles. The van der Waals surface area contributed by atoms with Gasteiger partial charge in [0.2, 0.25) is 3.79 Å². The van der Waals surface area contributed by atoms with Crippen LogP contribution in [-0.2, 0) is 116 Å². The van der Waals surface area contributed by atoms with Crippen LogP contribution in [-0.4, -0.2) is 171 Å². The van der Waals surface area contributed by atoms with E-state index in [2.05, 4.69) is 62.3 Å². The predicted octanol–water partition coefficient (Wildman–Crippen LogP) is 14.9. The zero-order chi connectivity index (χ0) is 75.9. The van der Waals surface area contributed by atoms with Crippen molar-refractivity contribution in [3.05, 3.63) is 144 Å². The van der Waals surface area contributed by atoms with Crippen molar-refractivity contribution in [2.75, 3.05) is 26.4 Å². The number of ether oxygens (including phenoxy) is 18. The number of rotatable bonds is 31. The van der Waals surface area contributed by atoms with Crippen LogP contribution >= 0.6 is 34.8 Å². The fraction of sp³-hybridized carbons (Fsp3) is 0.683. The van der Waals surface area contributed by atoms with Gasteiger partial charge < -0.3 is 90.4 Å². The van der Waals surface area contributed by atoms with E-state index in [0.717, 1.165) is 22.3 Å². The minimum atomic E-state index is -1.90. The van der Waals surface area contributed by atoms with Crippen molar-refractivity contribution < 1.29 is 100.0 Å². The highest BCUT2D eigenvalue weighted by Crippen LogP contribution is 2.46. The van der Waals surface area contributed by atoms with Gasteiger partial charge in [0.1, 0.15) is 43.2 Å². The summed E-state index contributed by atoms with van der Waals surface area (Å²) in [5, 5.41) is 13.5. The number of aliphatic hydroxyl groups excluding tert-OH is 1. The molecular weight excluding hydrogens is 1430 g/mol. The highest BCUT2D eigenvalue weighted by molar-refractivity contribution is 6.67. The second-order valence-corrected chi connectivity index (χ2v) is 32.7. The summed E-state index contributed by atoms with van der Waals surface area (Å²) in [5.74, 6) is -2.32. The molecule has 21 nitrogen and oxygen atoms in total. The van der Waals surface area contributed by atoms with E-state index >= 15 is 0 Å². The van der Waals surface area contributed by atoms with Crippen LogP contribution in [0.4, 0.5) is 4.79 Å². The fourth-order valence-electron chi connectivity index (χ4n) is 15.5. The molecule has 6 aliphatic rings. The van der Waals surface area contributed by atoms with E-state index in [4.69, 9.17) is 120 Å². The molecule has 12 unspecified atom stereocenters. The lowest BCUT2D eigenvalue weighted by molar-refractivity contribution is -0.393. The molecule has 6 fully saturated rings. The number of benzene rings is 4. The van der Waals surface area contributed by atoms with Crippen molar-refractivity contribution in [3.8, 4) is 0 Å². The predicted molar refractivity (Wildman–Crippen MR) is 396 cm³/mol. The van der Waals surface area contributed by atoms with Gasteiger partial charge in [0.15, 0.2) is 49.9 Å². The second kappa shape index (κ2) is 39.8. The summed E-state index contributed by atoms with van der Waals surface area (Å²) >= 11 is 18.0. The van der Waals surface area contributed by atoms with E-state index in [0.29, 0.717) is 45.7 Å². The minimum Gasteiger partial charge on any atom is -0.457 e. The van der Waals surface area contributed by atoms with Gasteiger partial charge in [0.05, 0.1) is 82.9 Å². The molecule has 590 valence electrons. The van der Waals surface area contributed by atoms with E-state index in [-0.39, 0.29) is 97.3 Å². The zero-order valence-corrected chi connectivity index (χ0v) is 66.2. The molecule has 6 saturated heterocycles. The molecule has 106 heavy (non-hydrogen) atoms. The Morgan fingerprint density at radius 2 is 0.745 bits per heavy atom. The fourth-order valence-corrected chi connectivity index (χ4v) is 15.7. The Balaban J connectivity index is 0.974. The maximum atomic E-state index is 13.5. The molecule has 1 N–H and O–H groups in total. The third-order valence-electron chi connectivity index (χ3n) is 23.1. The molecule has 4 aromatic rings. The molecule has 0 bridgehead atoms. The van der Waals surface area contributed by atoms with Gasteiger partial charge in [-0.2, -0.15) is 0 Å². The van der Waals surface area contributed by atoms with Crippen molar-refractivity contribution >= 4 is 46.9 Å². The Labute approximate surface area is 642 Å². The number of hydrogen-bond acceptors (Lipinski definition) is 21. The average molecular weight is 1540 g/mol. The number of esters is 1. The van der Waals surface area contributed by atoms with E-state index in [9.17, 15) is 14.7 Å². The number of carbonyl (C=O) groups excluding carboxylic acids is 2. The Hall–Kier alpha value is -4.15. The molecule has 30 atom stereocenters. The quantitative estimate of drug-likeness (QED) is 0.0365. The molecule has 0 amide bonds. The lowest BCUT2D eigenvalue weighted by Gasteiger charge is -2.52. The minimum absolute atomic E-state index is 0.0393. The molecular formula is C82H115Cl3O21.